The summed E-state index contributed by atoms with van der Waals surface area (Å²) >= 11 is 0. The van der Waals surface area contributed by atoms with E-state index in [0.29, 0.717) is 5.56 Å². The quantitative estimate of drug-likeness (QED) is 0.922. The Hall–Kier alpha value is -1.49. The Bertz CT molecular complexity index is 485. The highest BCUT2D eigenvalue weighted by molar-refractivity contribution is 5.67. The van der Waals surface area contributed by atoms with E-state index >= 15 is 0 Å². The standard InChI is InChI=1S/C15H19F2NO2/c1-10(13-3-2-12(16)9-14(13)17)18-6-4-11(5-7-18)8-15(19)20/h2-3,9-11H,4-8H2,1H3,(H,19,20). The zero-order valence-electron chi connectivity index (χ0n) is 11.5. The van der Waals surface area contributed by atoms with Crippen LogP contribution in [0.3, 0.4) is 0 Å². The van der Waals surface area contributed by atoms with Gasteiger partial charge in [-0.25, -0.2) is 8.78 Å². The van der Waals surface area contributed by atoms with Gasteiger partial charge >= 0.3 is 5.97 Å². The van der Waals surface area contributed by atoms with Crippen molar-refractivity contribution in [2.75, 3.05) is 13.1 Å². The lowest BCUT2D eigenvalue weighted by molar-refractivity contribution is -0.138. The van der Waals surface area contributed by atoms with Crippen LogP contribution >= 0.6 is 0 Å². The van der Waals surface area contributed by atoms with E-state index in [1.165, 1.54) is 12.1 Å². The fourth-order valence-electron chi connectivity index (χ4n) is 2.83. The average molecular weight is 283 g/mol. The molecule has 1 aliphatic heterocycles. The van der Waals surface area contributed by atoms with Crippen molar-refractivity contribution < 1.29 is 18.7 Å². The summed E-state index contributed by atoms with van der Waals surface area (Å²) in [7, 11) is 0. The van der Waals surface area contributed by atoms with Crippen LogP contribution in [0.4, 0.5) is 8.78 Å². The highest BCUT2D eigenvalue weighted by Crippen LogP contribution is 2.29. The van der Waals surface area contributed by atoms with E-state index in [4.69, 9.17) is 5.11 Å². The van der Waals surface area contributed by atoms with Gasteiger partial charge in [0, 0.05) is 24.1 Å². The number of piperidine rings is 1. The van der Waals surface area contributed by atoms with E-state index in [1.54, 1.807) is 0 Å². The van der Waals surface area contributed by atoms with Crippen molar-refractivity contribution in [3.8, 4) is 0 Å². The molecule has 2 rings (SSSR count). The summed E-state index contributed by atoms with van der Waals surface area (Å²) < 4.78 is 26.7. The maximum Gasteiger partial charge on any atom is 0.303 e. The summed E-state index contributed by atoms with van der Waals surface area (Å²) in [4.78, 5) is 12.8. The number of hydrogen-bond donors (Lipinski definition) is 1. The molecule has 1 aromatic rings. The third-order valence-corrected chi connectivity index (χ3v) is 4.07. The molecule has 1 fully saturated rings. The first-order valence-corrected chi connectivity index (χ1v) is 6.88. The molecule has 0 aromatic heterocycles. The minimum absolute atomic E-state index is 0.124. The van der Waals surface area contributed by atoms with Crippen LogP contribution in [0.2, 0.25) is 0 Å². The average Bonchev–Trinajstić information content (AvgIpc) is 2.38. The van der Waals surface area contributed by atoms with E-state index in [-0.39, 0.29) is 18.4 Å². The first kappa shape index (κ1) is 14.9. The third kappa shape index (κ3) is 3.54. The van der Waals surface area contributed by atoms with Crippen molar-refractivity contribution >= 4 is 5.97 Å². The van der Waals surface area contributed by atoms with Crippen LogP contribution in [0.25, 0.3) is 0 Å². The van der Waals surface area contributed by atoms with Gasteiger partial charge < -0.3 is 5.11 Å². The molecule has 0 saturated carbocycles. The van der Waals surface area contributed by atoms with Gasteiger partial charge in [-0.05, 0) is 44.8 Å². The molecule has 1 saturated heterocycles. The van der Waals surface area contributed by atoms with Crippen LogP contribution in [-0.4, -0.2) is 29.1 Å². The molecule has 3 nitrogen and oxygen atoms in total. The van der Waals surface area contributed by atoms with Gasteiger partial charge in [0.05, 0.1) is 0 Å². The first-order chi connectivity index (χ1) is 9.47. The summed E-state index contributed by atoms with van der Waals surface area (Å²) in [5, 5.41) is 8.78. The number of benzene rings is 1. The van der Waals surface area contributed by atoms with E-state index in [2.05, 4.69) is 4.90 Å². The number of likely N-dealkylation sites (tertiary alicyclic amines) is 1. The maximum absolute atomic E-state index is 13.8. The van der Waals surface area contributed by atoms with Crippen LogP contribution in [0.1, 0.15) is 37.8 Å². The SMILES string of the molecule is CC(c1ccc(F)cc1F)N1CCC(CC(=O)O)CC1. The van der Waals surface area contributed by atoms with Crippen molar-refractivity contribution in [2.24, 2.45) is 5.92 Å². The van der Waals surface area contributed by atoms with Gasteiger partial charge in [0.15, 0.2) is 0 Å². The Kier molecular flexibility index (Phi) is 4.70. The fourth-order valence-corrected chi connectivity index (χ4v) is 2.83. The Morgan fingerprint density at radius 1 is 1.40 bits per heavy atom. The number of rotatable bonds is 4. The lowest BCUT2D eigenvalue weighted by atomic mass is 9.92. The molecule has 5 heteroatoms. The van der Waals surface area contributed by atoms with Gasteiger partial charge in [-0.2, -0.15) is 0 Å². The molecule has 1 heterocycles. The predicted octanol–water partition coefficient (Wildman–Crippen LogP) is 3.21. The van der Waals surface area contributed by atoms with Gasteiger partial charge in [0.2, 0.25) is 0 Å². The highest BCUT2D eigenvalue weighted by atomic mass is 19.1. The summed E-state index contributed by atoms with van der Waals surface area (Å²) in [6.07, 6.45) is 1.81. The van der Waals surface area contributed by atoms with Crippen molar-refractivity contribution in [3.05, 3.63) is 35.4 Å². The lowest BCUT2D eigenvalue weighted by Crippen LogP contribution is -2.36. The number of nitrogens with zero attached hydrogens (tertiary/aromatic N) is 1. The van der Waals surface area contributed by atoms with Gasteiger partial charge in [0.25, 0.3) is 0 Å². The summed E-state index contributed by atoms with van der Waals surface area (Å²) in [5.74, 6) is -1.65. The topological polar surface area (TPSA) is 40.5 Å². The third-order valence-electron chi connectivity index (χ3n) is 4.07. The van der Waals surface area contributed by atoms with Crippen LogP contribution < -0.4 is 0 Å². The minimum Gasteiger partial charge on any atom is -0.481 e. The molecule has 0 radical (unpaired) electrons. The molecule has 0 spiro atoms. The molecular weight excluding hydrogens is 264 g/mol. The Labute approximate surface area is 117 Å². The first-order valence-electron chi connectivity index (χ1n) is 6.88. The largest absolute Gasteiger partial charge is 0.481 e. The van der Waals surface area contributed by atoms with E-state index in [1.807, 2.05) is 6.92 Å². The molecular formula is C15H19F2NO2. The lowest BCUT2D eigenvalue weighted by Gasteiger charge is -2.36. The van der Waals surface area contributed by atoms with Gasteiger partial charge in [0.1, 0.15) is 11.6 Å². The van der Waals surface area contributed by atoms with Gasteiger partial charge in [-0.3, -0.25) is 9.69 Å². The molecule has 1 unspecified atom stereocenters. The van der Waals surface area contributed by atoms with Crippen molar-refractivity contribution in [3.63, 3.8) is 0 Å². The van der Waals surface area contributed by atoms with Crippen LogP contribution in [-0.2, 0) is 4.79 Å². The molecule has 0 aliphatic carbocycles. The Morgan fingerprint density at radius 3 is 2.60 bits per heavy atom. The van der Waals surface area contributed by atoms with Gasteiger partial charge in [-0.1, -0.05) is 6.07 Å². The van der Waals surface area contributed by atoms with E-state index in [0.717, 1.165) is 32.0 Å². The van der Waals surface area contributed by atoms with Crippen molar-refractivity contribution in [2.45, 2.75) is 32.2 Å². The molecule has 1 aliphatic rings. The van der Waals surface area contributed by atoms with Crippen molar-refractivity contribution in [1.29, 1.82) is 0 Å². The van der Waals surface area contributed by atoms with E-state index in [9.17, 15) is 13.6 Å². The number of carbonyl (C=O) groups is 1. The molecule has 0 bridgehead atoms. The van der Waals surface area contributed by atoms with Gasteiger partial charge in [-0.15, -0.1) is 0 Å². The second kappa shape index (κ2) is 6.31. The smallest absolute Gasteiger partial charge is 0.303 e. The molecule has 0 amide bonds. The monoisotopic (exact) mass is 283 g/mol. The number of carboxylic acids is 1. The minimum atomic E-state index is -0.763. The molecule has 1 atom stereocenters. The molecule has 1 N–H and O–H groups in total. The summed E-state index contributed by atoms with van der Waals surface area (Å²) in [6.45, 7) is 3.39. The summed E-state index contributed by atoms with van der Waals surface area (Å²) in [5.41, 5.74) is 0.489. The molecule has 20 heavy (non-hydrogen) atoms. The van der Waals surface area contributed by atoms with Crippen LogP contribution in [0.15, 0.2) is 18.2 Å². The maximum atomic E-state index is 13.8. The normalized spacial score (nSPS) is 18.9. The number of hydrogen-bond acceptors (Lipinski definition) is 2. The Morgan fingerprint density at radius 2 is 2.05 bits per heavy atom. The number of carboxylic acid groups (broad SMARTS) is 1. The van der Waals surface area contributed by atoms with Crippen LogP contribution in [0, 0.1) is 17.6 Å². The number of aliphatic carboxylic acids is 1. The second-order valence-corrected chi connectivity index (χ2v) is 5.42. The summed E-state index contributed by atoms with van der Waals surface area (Å²) in [6, 6.07) is 3.54. The Balaban J connectivity index is 1.97. The number of halogens is 2. The molecule has 110 valence electrons. The zero-order valence-corrected chi connectivity index (χ0v) is 11.5. The zero-order chi connectivity index (χ0) is 14.7. The molecule has 1 aromatic carbocycles. The van der Waals surface area contributed by atoms with Crippen LogP contribution in [0.5, 0.6) is 0 Å². The second-order valence-electron chi connectivity index (χ2n) is 5.42. The fraction of sp³-hybridized carbons (Fsp3) is 0.533. The highest BCUT2D eigenvalue weighted by Gasteiger charge is 2.26. The van der Waals surface area contributed by atoms with Crippen molar-refractivity contribution in [1.82, 2.24) is 4.90 Å². The van der Waals surface area contributed by atoms with E-state index < -0.39 is 17.6 Å². The predicted molar refractivity (Wildman–Crippen MR) is 71.3 cm³/mol.